The minimum absolute atomic E-state index is 0.0648. The summed E-state index contributed by atoms with van der Waals surface area (Å²) >= 11 is 5.06. The fourth-order valence-electron chi connectivity index (χ4n) is 1.50. The number of thiazole rings is 1. The SMILES string of the molecule is COC(=O)C(C)CSCc1csc(-c2ccsc2)n1. The molecule has 0 fully saturated rings. The van der Waals surface area contributed by atoms with E-state index < -0.39 is 0 Å². The van der Waals surface area contributed by atoms with E-state index in [9.17, 15) is 4.79 Å². The van der Waals surface area contributed by atoms with Gasteiger partial charge in [-0.2, -0.15) is 23.1 Å². The van der Waals surface area contributed by atoms with Gasteiger partial charge in [-0.05, 0) is 11.4 Å². The van der Waals surface area contributed by atoms with Crippen LogP contribution in [-0.2, 0) is 15.3 Å². The summed E-state index contributed by atoms with van der Waals surface area (Å²) in [6, 6.07) is 2.08. The number of hydrogen-bond donors (Lipinski definition) is 0. The largest absolute Gasteiger partial charge is 0.469 e. The lowest BCUT2D eigenvalue weighted by atomic mass is 10.2. The van der Waals surface area contributed by atoms with E-state index in [0.717, 1.165) is 22.2 Å². The smallest absolute Gasteiger partial charge is 0.309 e. The van der Waals surface area contributed by atoms with Crippen molar-refractivity contribution < 1.29 is 9.53 Å². The third kappa shape index (κ3) is 4.06. The fraction of sp³-hybridized carbons (Fsp3) is 0.385. The van der Waals surface area contributed by atoms with Crippen molar-refractivity contribution in [1.29, 1.82) is 0 Å². The minimum Gasteiger partial charge on any atom is -0.469 e. The maximum absolute atomic E-state index is 11.3. The number of nitrogens with zero attached hydrogens (tertiary/aromatic N) is 1. The Morgan fingerprint density at radius 2 is 2.37 bits per heavy atom. The standard InChI is InChI=1S/C13H15NO2S3/c1-9(13(15)16-2)5-18-7-11-8-19-12(14-11)10-3-4-17-6-10/h3-4,6,8-9H,5,7H2,1-2H3. The van der Waals surface area contributed by atoms with Crippen LogP contribution in [0.2, 0.25) is 0 Å². The van der Waals surface area contributed by atoms with E-state index in [-0.39, 0.29) is 11.9 Å². The Balaban J connectivity index is 1.83. The van der Waals surface area contributed by atoms with Gasteiger partial charge in [-0.3, -0.25) is 4.79 Å². The summed E-state index contributed by atoms with van der Waals surface area (Å²) in [7, 11) is 1.43. The number of thiophene rings is 1. The maximum Gasteiger partial charge on any atom is 0.309 e. The predicted molar refractivity (Wildman–Crippen MR) is 82.8 cm³/mol. The summed E-state index contributed by atoms with van der Waals surface area (Å²) in [4.78, 5) is 15.9. The van der Waals surface area contributed by atoms with Gasteiger partial charge in [-0.1, -0.05) is 6.92 Å². The summed E-state index contributed by atoms with van der Waals surface area (Å²) in [6.07, 6.45) is 0. The van der Waals surface area contributed by atoms with Crippen molar-refractivity contribution in [3.63, 3.8) is 0 Å². The molecule has 2 heterocycles. The van der Waals surface area contributed by atoms with Gasteiger partial charge in [0.2, 0.25) is 0 Å². The predicted octanol–water partition coefficient (Wildman–Crippen LogP) is 3.91. The molecule has 0 aliphatic carbocycles. The van der Waals surface area contributed by atoms with Crippen LogP contribution in [0.1, 0.15) is 12.6 Å². The molecule has 19 heavy (non-hydrogen) atoms. The highest BCUT2D eigenvalue weighted by molar-refractivity contribution is 7.98. The van der Waals surface area contributed by atoms with Crippen molar-refractivity contribution in [1.82, 2.24) is 4.98 Å². The molecule has 1 unspecified atom stereocenters. The second kappa shape index (κ2) is 7.07. The Labute approximate surface area is 125 Å². The van der Waals surface area contributed by atoms with Gasteiger partial charge < -0.3 is 4.74 Å². The monoisotopic (exact) mass is 313 g/mol. The second-order valence-electron chi connectivity index (χ2n) is 4.10. The molecular formula is C13H15NO2S3. The molecule has 0 saturated heterocycles. The van der Waals surface area contributed by atoms with E-state index in [0.29, 0.717) is 0 Å². The van der Waals surface area contributed by atoms with E-state index in [1.165, 1.54) is 12.7 Å². The summed E-state index contributed by atoms with van der Waals surface area (Å²) in [5, 5.41) is 7.32. The summed E-state index contributed by atoms with van der Waals surface area (Å²) in [6.45, 7) is 1.89. The first kappa shape index (κ1) is 14.6. The second-order valence-corrected chi connectivity index (χ2v) is 6.76. The molecule has 0 spiro atoms. The molecule has 2 rings (SSSR count). The van der Waals surface area contributed by atoms with Gasteiger partial charge in [0.25, 0.3) is 0 Å². The van der Waals surface area contributed by atoms with Gasteiger partial charge in [0.05, 0.1) is 18.7 Å². The average molecular weight is 313 g/mol. The topological polar surface area (TPSA) is 39.2 Å². The minimum atomic E-state index is -0.148. The number of thioether (sulfide) groups is 1. The van der Waals surface area contributed by atoms with Crippen LogP contribution < -0.4 is 0 Å². The zero-order valence-corrected chi connectivity index (χ0v) is 13.2. The zero-order chi connectivity index (χ0) is 13.7. The molecule has 2 aromatic rings. The summed E-state index contributed by atoms with van der Waals surface area (Å²) in [5.74, 6) is 1.38. The Morgan fingerprint density at radius 1 is 1.53 bits per heavy atom. The van der Waals surface area contributed by atoms with Crippen LogP contribution >= 0.6 is 34.4 Å². The van der Waals surface area contributed by atoms with Crippen LogP contribution in [0, 0.1) is 5.92 Å². The molecule has 1 atom stereocenters. The first-order valence-corrected chi connectivity index (χ1v) is 8.81. The molecule has 0 amide bonds. The highest BCUT2D eigenvalue weighted by atomic mass is 32.2. The van der Waals surface area contributed by atoms with E-state index >= 15 is 0 Å². The van der Waals surface area contributed by atoms with Crippen LogP contribution in [0.3, 0.4) is 0 Å². The number of methoxy groups -OCH3 is 1. The number of rotatable bonds is 6. The highest BCUT2D eigenvalue weighted by Gasteiger charge is 2.13. The van der Waals surface area contributed by atoms with Crippen molar-refractivity contribution in [2.24, 2.45) is 5.92 Å². The number of ether oxygens (including phenoxy) is 1. The Hall–Kier alpha value is -0.850. The number of hydrogen-bond acceptors (Lipinski definition) is 6. The maximum atomic E-state index is 11.3. The van der Waals surface area contributed by atoms with Gasteiger partial charge >= 0.3 is 5.97 Å². The highest BCUT2D eigenvalue weighted by Crippen LogP contribution is 2.27. The Morgan fingerprint density at radius 3 is 3.05 bits per heavy atom. The first-order valence-electron chi connectivity index (χ1n) is 5.83. The lowest BCUT2D eigenvalue weighted by molar-refractivity contribution is -0.143. The number of aromatic nitrogens is 1. The average Bonchev–Trinajstić information content (AvgIpc) is 3.07. The molecule has 2 aromatic heterocycles. The van der Waals surface area contributed by atoms with Gasteiger partial charge in [-0.25, -0.2) is 4.98 Å². The van der Waals surface area contributed by atoms with E-state index in [2.05, 4.69) is 27.2 Å². The molecule has 0 aromatic carbocycles. The van der Waals surface area contributed by atoms with Gasteiger partial charge in [0.1, 0.15) is 5.01 Å². The molecular weight excluding hydrogens is 298 g/mol. The van der Waals surface area contributed by atoms with E-state index in [1.54, 1.807) is 34.4 Å². The Bertz CT molecular complexity index is 522. The van der Waals surface area contributed by atoms with E-state index in [4.69, 9.17) is 4.74 Å². The van der Waals surface area contributed by atoms with E-state index in [1.807, 2.05) is 6.92 Å². The summed E-state index contributed by atoms with van der Waals surface area (Å²) in [5.41, 5.74) is 2.27. The molecule has 3 nitrogen and oxygen atoms in total. The quantitative estimate of drug-likeness (QED) is 0.758. The third-order valence-corrected chi connectivity index (χ3v) is 5.40. The normalized spacial score (nSPS) is 12.3. The Kier molecular flexibility index (Phi) is 5.42. The van der Waals surface area contributed by atoms with Gasteiger partial charge in [-0.15, -0.1) is 11.3 Å². The van der Waals surface area contributed by atoms with Gasteiger partial charge in [0.15, 0.2) is 0 Å². The van der Waals surface area contributed by atoms with Crippen molar-refractivity contribution in [2.75, 3.05) is 12.9 Å². The van der Waals surface area contributed by atoms with Crippen molar-refractivity contribution in [3.8, 4) is 10.6 Å². The van der Waals surface area contributed by atoms with Crippen LogP contribution in [0.25, 0.3) is 10.6 Å². The number of carbonyl (C=O) groups is 1. The number of esters is 1. The molecule has 0 bridgehead atoms. The van der Waals surface area contributed by atoms with Crippen molar-refractivity contribution in [2.45, 2.75) is 12.7 Å². The molecule has 0 aliphatic heterocycles. The lowest BCUT2D eigenvalue weighted by Gasteiger charge is -2.07. The molecule has 102 valence electrons. The van der Waals surface area contributed by atoms with Crippen LogP contribution in [0.15, 0.2) is 22.2 Å². The molecule has 0 radical (unpaired) electrons. The van der Waals surface area contributed by atoms with Crippen molar-refractivity contribution >= 4 is 40.4 Å². The first-order chi connectivity index (χ1) is 9.20. The van der Waals surface area contributed by atoms with Crippen LogP contribution in [0.5, 0.6) is 0 Å². The zero-order valence-electron chi connectivity index (χ0n) is 10.8. The van der Waals surface area contributed by atoms with Crippen LogP contribution in [-0.4, -0.2) is 23.8 Å². The fourth-order valence-corrected chi connectivity index (χ4v) is 4.10. The lowest BCUT2D eigenvalue weighted by Crippen LogP contribution is -2.14. The third-order valence-electron chi connectivity index (χ3n) is 2.54. The van der Waals surface area contributed by atoms with Crippen molar-refractivity contribution in [3.05, 3.63) is 27.9 Å². The molecule has 0 aliphatic rings. The van der Waals surface area contributed by atoms with Crippen LogP contribution in [0.4, 0.5) is 0 Å². The molecule has 0 N–H and O–H groups in total. The number of carbonyl (C=O) groups excluding carboxylic acids is 1. The van der Waals surface area contributed by atoms with Gasteiger partial charge in [0, 0.05) is 27.8 Å². The summed E-state index contributed by atoms with van der Waals surface area (Å²) < 4.78 is 4.70. The molecule has 0 saturated carbocycles. The molecule has 6 heteroatoms.